The Morgan fingerprint density at radius 1 is 1.22 bits per heavy atom. The number of carbonyl (C=O) groups is 4. The number of hydrogen-bond donors (Lipinski definition) is 1. The molecule has 0 aromatic carbocycles. The molecule has 3 atom stereocenters. The van der Waals surface area contributed by atoms with Crippen molar-refractivity contribution in [2.45, 2.75) is 90.5 Å². The predicted octanol–water partition coefficient (Wildman–Crippen LogP) is 2.72. The maximum Gasteiger partial charge on any atom is 0.243 e. The van der Waals surface area contributed by atoms with Crippen molar-refractivity contribution >= 4 is 35.1 Å². The highest BCUT2D eigenvalue weighted by Crippen LogP contribution is 2.38. The van der Waals surface area contributed by atoms with Gasteiger partial charge in [0.05, 0.1) is 11.3 Å². The average Bonchev–Trinajstić information content (AvgIpc) is 2.84. The van der Waals surface area contributed by atoms with Gasteiger partial charge in [-0.1, -0.05) is 20.3 Å². The number of likely N-dealkylation sites (tertiary alicyclic amines) is 1. The van der Waals surface area contributed by atoms with E-state index in [9.17, 15) is 19.2 Å². The third-order valence-corrected chi connectivity index (χ3v) is 6.90. The number of nitrogens with two attached hydrogens (primary N) is 1. The second kappa shape index (κ2) is 9.32. The molecule has 7 heteroatoms. The molecule has 0 saturated carbocycles. The number of carbonyl (C=O) groups excluding carboxylic acids is 4. The van der Waals surface area contributed by atoms with E-state index in [1.165, 1.54) is 23.6 Å². The van der Waals surface area contributed by atoms with E-state index in [0.717, 1.165) is 12.8 Å². The molecular formula is C20H34N2O4S. The summed E-state index contributed by atoms with van der Waals surface area (Å²) in [6.45, 7) is 11.0. The summed E-state index contributed by atoms with van der Waals surface area (Å²) >= 11 is 1.29. The first-order valence-corrected chi connectivity index (χ1v) is 10.6. The van der Waals surface area contributed by atoms with E-state index < -0.39 is 16.8 Å². The topological polar surface area (TPSA) is 97.5 Å². The van der Waals surface area contributed by atoms with Crippen LogP contribution in [0.5, 0.6) is 0 Å². The van der Waals surface area contributed by atoms with E-state index >= 15 is 0 Å². The van der Waals surface area contributed by atoms with Crippen LogP contribution < -0.4 is 5.73 Å². The first-order valence-electron chi connectivity index (χ1n) is 9.57. The molecule has 154 valence electrons. The van der Waals surface area contributed by atoms with Crippen molar-refractivity contribution in [3.05, 3.63) is 0 Å². The SMILES string of the molecule is CCC(C)(CCC(C)(C)N1C(=O)CC(SCC(N)C(C)=O)C1=O)CC(C)=O. The highest BCUT2D eigenvalue weighted by molar-refractivity contribution is 8.00. The molecule has 1 aliphatic heterocycles. The molecule has 1 heterocycles. The first-order chi connectivity index (χ1) is 12.3. The summed E-state index contributed by atoms with van der Waals surface area (Å²) in [6, 6.07) is -0.614. The van der Waals surface area contributed by atoms with Gasteiger partial charge in [0.2, 0.25) is 11.8 Å². The molecule has 3 unspecified atom stereocenters. The summed E-state index contributed by atoms with van der Waals surface area (Å²) in [5, 5.41) is -0.475. The quantitative estimate of drug-likeness (QED) is 0.537. The standard InChI is InChI=1S/C20H34N2O4S/c1-7-20(6,11-13(2)23)9-8-19(4,5)22-17(25)10-16(18(22)26)27-12-15(21)14(3)24/h15-16H,7-12,21H2,1-6H3. The summed E-state index contributed by atoms with van der Waals surface area (Å²) in [4.78, 5) is 49.6. The zero-order valence-electron chi connectivity index (χ0n) is 17.5. The van der Waals surface area contributed by atoms with Gasteiger partial charge in [0.1, 0.15) is 11.6 Å². The smallest absolute Gasteiger partial charge is 0.243 e. The molecule has 0 spiro atoms. The maximum atomic E-state index is 12.8. The fraction of sp³-hybridized carbons (Fsp3) is 0.800. The van der Waals surface area contributed by atoms with Crippen LogP contribution in [-0.2, 0) is 19.2 Å². The highest BCUT2D eigenvalue weighted by Gasteiger charge is 2.46. The Kier molecular flexibility index (Phi) is 8.23. The molecule has 0 bridgehead atoms. The normalized spacial score (nSPS) is 21.3. The van der Waals surface area contributed by atoms with E-state index in [-0.39, 0.29) is 35.2 Å². The molecule has 6 nitrogen and oxygen atoms in total. The van der Waals surface area contributed by atoms with Crippen molar-refractivity contribution in [2.75, 3.05) is 5.75 Å². The van der Waals surface area contributed by atoms with Gasteiger partial charge in [-0.05, 0) is 46.0 Å². The van der Waals surface area contributed by atoms with E-state index in [1.807, 2.05) is 13.8 Å². The third-order valence-electron chi connectivity index (χ3n) is 5.58. The maximum absolute atomic E-state index is 12.8. The number of hydrogen-bond acceptors (Lipinski definition) is 6. The number of Topliss-reactive ketones (excluding diaryl/α,β-unsaturated/α-hetero) is 2. The highest BCUT2D eigenvalue weighted by atomic mass is 32.2. The van der Waals surface area contributed by atoms with E-state index in [0.29, 0.717) is 18.6 Å². The van der Waals surface area contributed by atoms with Crippen LogP contribution in [0.15, 0.2) is 0 Å². The van der Waals surface area contributed by atoms with Crippen LogP contribution in [0.3, 0.4) is 0 Å². The Hall–Kier alpha value is -1.21. The Labute approximate surface area is 167 Å². The zero-order chi connectivity index (χ0) is 21.0. The molecule has 0 aliphatic carbocycles. The molecule has 1 saturated heterocycles. The summed E-state index contributed by atoms with van der Waals surface area (Å²) in [5.41, 5.74) is 5.00. The van der Waals surface area contributed by atoms with Crippen LogP contribution in [0.1, 0.15) is 73.6 Å². The molecule has 2 N–H and O–H groups in total. The van der Waals surface area contributed by atoms with Crippen molar-refractivity contribution < 1.29 is 19.2 Å². The number of nitrogens with zero attached hydrogens (tertiary/aromatic N) is 1. The lowest BCUT2D eigenvalue weighted by Crippen LogP contribution is -2.48. The molecule has 1 rings (SSSR count). The summed E-state index contributed by atoms with van der Waals surface area (Å²) in [7, 11) is 0. The zero-order valence-corrected chi connectivity index (χ0v) is 18.3. The number of imide groups is 1. The predicted molar refractivity (Wildman–Crippen MR) is 108 cm³/mol. The van der Waals surface area contributed by atoms with Gasteiger partial charge in [-0.15, -0.1) is 11.8 Å². The Bertz CT molecular complexity index is 605. The lowest BCUT2D eigenvalue weighted by Gasteiger charge is -2.38. The summed E-state index contributed by atoms with van der Waals surface area (Å²) in [5.74, 6) is -0.0106. The molecule has 0 aromatic rings. The minimum absolute atomic E-state index is 0.124. The lowest BCUT2D eigenvalue weighted by molar-refractivity contribution is -0.145. The van der Waals surface area contributed by atoms with Gasteiger partial charge in [0.15, 0.2) is 0 Å². The Morgan fingerprint density at radius 3 is 2.30 bits per heavy atom. The second-order valence-corrected chi connectivity index (χ2v) is 9.90. The van der Waals surface area contributed by atoms with E-state index in [1.54, 1.807) is 6.92 Å². The van der Waals surface area contributed by atoms with Crippen molar-refractivity contribution in [2.24, 2.45) is 11.1 Å². The number of thioether (sulfide) groups is 1. The third kappa shape index (κ3) is 6.42. The van der Waals surface area contributed by atoms with Gasteiger partial charge < -0.3 is 10.5 Å². The Balaban J connectivity index is 2.78. The van der Waals surface area contributed by atoms with Gasteiger partial charge in [-0.25, -0.2) is 0 Å². The van der Waals surface area contributed by atoms with Crippen LogP contribution in [0.2, 0.25) is 0 Å². The van der Waals surface area contributed by atoms with Crippen LogP contribution >= 0.6 is 11.8 Å². The minimum atomic E-state index is -0.614. The molecule has 1 aliphatic rings. The molecule has 0 radical (unpaired) electrons. The van der Waals surface area contributed by atoms with Gasteiger partial charge in [-0.3, -0.25) is 19.3 Å². The number of ketones is 2. The van der Waals surface area contributed by atoms with Crippen LogP contribution in [0.25, 0.3) is 0 Å². The van der Waals surface area contributed by atoms with Gasteiger partial charge in [0.25, 0.3) is 0 Å². The molecule has 2 amide bonds. The molecular weight excluding hydrogens is 364 g/mol. The average molecular weight is 399 g/mol. The van der Waals surface area contributed by atoms with Crippen LogP contribution in [-0.4, -0.2) is 50.9 Å². The monoisotopic (exact) mass is 398 g/mol. The fourth-order valence-corrected chi connectivity index (χ4v) is 4.60. The van der Waals surface area contributed by atoms with Crippen LogP contribution in [0, 0.1) is 5.41 Å². The number of amides is 2. The van der Waals surface area contributed by atoms with Crippen molar-refractivity contribution in [3.63, 3.8) is 0 Å². The fourth-order valence-electron chi connectivity index (χ4n) is 3.42. The first kappa shape index (κ1) is 23.8. The van der Waals surface area contributed by atoms with E-state index in [4.69, 9.17) is 5.73 Å². The molecule has 0 aromatic heterocycles. The van der Waals surface area contributed by atoms with Crippen molar-refractivity contribution in [1.82, 2.24) is 4.90 Å². The molecule has 1 fully saturated rings. The summed E-state index contributed by atoms with van der Waals surface area (Å²) in [6.07, 6.45) is 2.93. The van der Waals surface area contributed by atoms with E-state index in [2.05, 4.69) is 13.8 Å². The minimum Gasteiger partial charge on any atom is -0.321 e. The van der Waals surface area contributed by atoms with Gasteiger partial charge >= 0.3 is 0 Å². The number of rotatable bonds is 11. The molecule has 27 heavy (non-hydrogen) atoms. The van der Waals surface area contributed by atoms with Crippen molar-refractivity contribution in [1.29, 1.82) is 0 Å². The van der Waals surface area contributed by atoms with Crippen LogP contribution in [0.4, 0.5) is 0 Å². The van der Waals surface area contributed by atoms with Crippen molar-refractivity contribution in [3.8, 4) is 0 Å². The Morgan fingerprint density at radius 2 is 1.81 bits per heavy atom. The van der Waals surface area contributed by atoms with Gasteiger partial charge in [-0.2, -0.15) is 0 Å². The summed E-state index contributed by atoms with van der Waals surface area (Å²) < 4.78 is 0. The van der Waals surface area contributed by atoms with Gasteiger partial charge in [0, 0.05) is 24.1 Å². The second-order valence-electron chi connectivity index (χ2n) is 8.67. The largest absolute Gasteiger partial charge is 0.321 e. The lowest BCUT2D eigenvalue weighted by atomic mass is 9.75.